The van der Waals surface area contributed by atoms with E-state index in [1.165, 1.54) is 0 Å². The summed E-state index contributed by atoms with van der Waals surface area (Å²) in [7, 11) is 1.86. The van der Waals surface area contributed by atoms with Gasteiger partial charge in [0.1, 0.15) is 5.69 Å². The molecule has 2 aliphatic heterocycles. The third-order valence-electron chi connectivity index (χ3n) is 12.0. The molecule has 53 heavy (non-hydrogen) atoms. The molecule has 0 saturated heterocycles. The molecule has 13 heteroatoms. The van der Waals surface area contributed by atoms with Crippen LogP contribution in [0.2, 0.25) is 10.0 Å². The lowest BCUT2D eigenvalue weighted by Gasteiger charge is -2.68. The van der Waals surface area contributed by atoms with Crippen molar-refractivity contribution in [3.8, 4) is 11.1 Å². The number of aromatic nitrogens is 3. The molecule has 4 heterocycles. The number of amides is 2. The van der Waals surface area contributed by atoms with Crippen molar-refractivity contribution in [1.82, 2.24) is 24.3 Å². The van der Waals surface area contributed by atoms with Gasteiger partial charge in [0.05, 0.1) is 32.5 Å². The standard InChI is InChI=1S/C40H43Cl2N7O4/c1-23(2)49-14-10-24-16-30(43-17-25(24)18-49)36(50)45-28-8-4-6-26(33(28)41)27-7-5-9-29(34(27)42)46-37(51)35-44-31-19-48(13-11-32(31)47(35)3)15-12-39-20-40(21-39,22-39)38(52)53/h4-9,16-17,23H,10-15,18-22H2,1-3H3,(H,45,50)(H,46,51)(H,52,53). The van der Waals surface area contributed by atoms with Crippen LogP contribution in [-0.2, 0) is 37.8 Å². The van der Waals surface area contributed by atoms with Crippen LogP contribution < -0.4 is 10.6 Å². The molecular weight excluding hydrogens is 713 g/mol. The number of rotatable bonds is 10. The van der Waals surface area contributed by atoms with E-state index in [2.05, 4.69) is 39.3 Å². The molecule has 3 aliphatic carbocycles. The minimum atomic E-state index is -0.647. The molecule has 5 aliphatic rings. The second-order valence-electron chi connectivity index (χ2n) is 15.7. The zero-order chi connectivity index (χ0) is 37.2. The Morgan fingerprint density at radius 1 is 0.906 bits per heavy atom. The highest BCUT2D eigenvalue weighted by atomic mass is 35.5. The van der Waals surface area contributed by atoms with E-state index >= 15 is 0 Å². The van der Waals surface area contributed by atoms with E-state index in [-0.39, 0.29) is 17.2 Å². The number of carboxylic acids is 1. The average molecular weight is 757 g/mol. The number of benzene rings is 2. The number of nitrogens with zero attached hydrogens (tertiary/aromatic N) is 5. The van der Waals surface area contributed by atoms with Crippen molar-refractivity contribution in [2.24, 2.45) is 17.9 Å². The number of hydrogen-bond donors (Lipinski definition) is 3. The van der Waals surface area contributed by atoms with E-state index in [0.29, 0.717) is 56.7 Å². The molecule has 0 radical (unpaired) electrons. The van der Waals surface area contributed by atoms with Crippen LogP contribution in [0.1, 0.15) is 83.2 Å². The predicted octanol–water partition coefficient (Wildman–Crippen LogP) is 7.06. The lowest BCUT2D eigenvalue weighted by Crippen LogP contribution is -2.65. The van der Waals surface area contributed by atoms with Crippen LogP contribution in [0, 0.1) is 10.8 Å². The number of fused-ring (bicyclic) bond motifs is 2. The first-order valence-corrected chi connectivity index (χ1v) is 19.0. The summed E-state index contributed by atoms with van der Waals surface area (Å²) in [5.41, 5.74) is 6.30. The summed E-state index contributed by atoms with van der Waals surface area (Å²) in [5.74, 6) is -1.07. The number of halogens is 2. The molecule has 0 unspecified atom stereocenters. The Bertz CT molecular complexity index is 2140. The molecule has 11 nitrogen and oxygen atoms in total. The van der Waals surface area contributed by atoms with Crippen molar-refractivity contribution in [3.63, 3.8) is 0 Å². The SMILES string of the molecule is CC(C)N1CCc2cc(C(=O)Nc3cccc(-c4cccc(NC(=O)c5nc6c(n5C)CCN(CCC57CC(C(=O)O)(C5)C7)C6)c4Cl)c3Cl)ncc2C1. The van der Waals surface area contributed by atoms with Gasteiger partial charge in [-0.05, 0) is 87.2 Å². The molecule has 4 aromatic rings. The molecule has 9 rings (SSSR count). The Labute approximate surface area is 318 Å². The lowest BCUT2D eigenvalue weighted by atomic mass is 9.34. The number of anilines is 2. The third-order valence-corrected chi connectivity index (χ3v) is 12.8. The number of nitrogens with one attached hydrogen (secondary N) is 2. The summed E-state index contributed by atoms with van der Waals surface area (Å²) in [6, 6.07) is 13.0. The van der Waals surface area contributed by atoms with Gasteiger partial charge in [0.2, 0.25) is 0 Å². The van der Waals surface area contributed by atoms with Crippen LogP contribution in [0.5, 0.6) is 0 Å². The Hall–Kier alpha value is -4.29. The van der Waals surface area contributed by atoms with Crippen molar-refractivity contribution in [2.75, 3.05) is 30.3 Å². The quantitative estimate of drug-likeness (QED) is 0.157. The number of aliphatic carboxylic acids is 1. The molecule has 0 spiro atoms. The summed E-state index contributed by atoms with van der Waals surface area (Å²) in [6.45, 7) is 8.53. The van der Waals surface area contributed by atoms with Gasteiger partial charge in [-0.15, -0.1) is 0 Å². The van der Waals surface area contributed by atoms with E-state index in [1.54, 1.807) is 30.5 Å². The molecule has 0 atom stereocenters. The molecule has 3 saturated carbocycles. The first-order chi connectivity index (χ1) is 25.3. The fraction of sp³-hybridized carbons (Fsp3) is 0.425. The Kier molecular flexibility index (Phi) is 9.12. The average Bonchev–Trinajstić information content (AvgIpc) is 3.43. The monoisotopic (exact) mass is 755 g/mol. The highest BCUT2D eigenvalue weighted by Gasteiger charge is 2.71. The van der Waals surface area contributed by atoms with Crippen molar-refractivity contribution < 1.29 is 19.5 Å². The summed E-state index contributed by atoms with van der Waals surface area (Å²) in [4.78, 5) is 52.5. The summed E-state index contributed by atoms with van der Waals surface area (Å²) < 4.78 is 1.86. The van der Waals surface area contributed by atoms with Gasteiger partial charge in [0.25, 0.3) is 11.8 Å². The maximum absolute atomic E-state index is 13.6. The van der Waals surface area contributed by atoms with E-state index < -0.39 is 11.4 Å². The summed E-state index contributed by atoms with van der Waals surface area (Å²) in [6.07, 6.45) is 6.82. The van der Waals surface area contributed by atoms with Gasteiger partial charge in [0, 0.05) is 68.7 Å². The Morgan fingerprint density at radius 3 is 2.21 bits per heavy atom. The smallest absolute Gasteiger partial charge is 0.309 e. The Morgan fingerprint density at radius 2 is 1.57 bits per heavy atom. The largest absolute Gasteiger partial charge is 0.481 e. The van der Waals surface area contributed by atoms with Crippen molar-refractivity contribution >= 4 is 52.4 Å². The van der Waals surface area contributed by atoms with Crippen LogP contribution in [0.15, 0.2) is 48.7 Å². The molecule has 2 amide bonds. The second-order valence-corrected chi connectivity index (χ2v) is 16.4. The van der Waals surface area contributed by atoms with E-state index in [9.17, 15) is 19.5 Å². The number of carbonyl (C=O) groups excluding carboxylic acids is 2. The molecule has 2 aromatic heterocycles. The number of carboxylic acid groups (broad SMARTS) is 1. The zero-order valence-corrected chi connectivity index (χ0v) is 31.7. The number of carbonyl (C=O) groups is 3. The van der Waals surface area contributed by atoms with Crippen molar-refractivity contribution in [1.29, 1.82) is 0 Å². The number of imidazole rings is 1. The van der Waals surface area contributed by atoms with Gasteiger partial charge in [0.15, 0.2) is 5.82 Å². The highest BCUT2D eigenvalue weighted by molar-refractivity contribution is 6.40. The highest BCUT2D eigenvalue weighted by Crippen LogP contribution is 2.74. The molecular formula is C40H43Cl2N7O4. The van der Waals surface area contributed by atoms with Gasteiger partial charge in [-0.3, -0.25) is 29.2 Å². The molecule has 2 aromatic carbocycles. The van der Waals surface area contributed by atoms with Gasteiger partial charge < -0.3 is 20.3 Å². The number of hydrogen-bond acceptors (Lipinski definition) is 7. The van der Waals surface area contributed by atoms with Crippen molar-refractivity contribution in [2.45, 2.75) is 71.5 Å². The fourth-order valence-corrected chi connectivity index (χ4v) is 9.48. The van der Waals surface area contributed by atoms with E-state index in [0.717, 1.165) is 87.2 Å². The molecule has 2 bridgehead atoms. The first kappa shape index (κ1) is 35.7. The second kappa shape index (κ2) is 13.5. The van der Waals surface area contributed by atoms with Crippen LogP contribution in [0.25, 0.3) is 11.1 Å². The normalized spacial score (nSPS) is 22.0. The Balaban J connectivity index is 0.934. The molecule has 3 fully saturated rings. The maximum Gasteiger partial charge on any atom is 0.309 e. The first-order valence-electron chi connectivity index (χ1n) is 18.3. The van der Waals surface area contributed by atoms with Crippen molar-refractivity contribution in [3.05, 3.63) is 92.7 Å². The zero-order valence-electron chi connectivity index (χ0n) is 30.1. The lowest BCUT2D eigenvalue weighted by molar-refractivity contribution is -0.225. The van der Waals surface area contributed by atoms with Crippen LogP contribution in [0.4, 0.5) is 11.4 Å². The topological polar surface area (TPSA) is 133 Å². The predicted molar refractivity (Wildman–Crippen MR) is 204 cm³/mol. The van der Waals surface area contributed by atoms with Crippen LogP contribution in [0.3, 0.4) is 0 Å². The maximum atomic E-state index is 13.6. The third kappa shape index (κ3) is 6.41. The minimum Gasteiger partial charge on any atom is -0.481 e. The van der Waals surface area contributed by atoms with E-state index in [4.69, 9.17) is 28.2 Å². The van der Waals surface area contributed by atoms with Gasteiger partial charge in [-0.1, -0.05) is 47.5 Å². The van der Waals surface area contributed by atoms with Crippen LogP contribution >= 0.6 is 23.2 Å². The van der Waals surface area contributed by atoms with E-state index in [1.807, 2.05) is 29.8 Å². The summed E-state index contributed by atoms with van der Waals surface area (Å²) >= 11 is 13.8. The minimum absolute atomic E-state index is 0.192. The number of pyridine rings is 1. The van der Waals surface area contributed by atoms with Crippen LogP contribution in [-0.4, -0.2) is 72.9 Å². The molecule has 3 N–H and O–H groups in total. The van der Waals surface area contributed by atoms with Gasteiger partial charge in [-0.25, -0.2) is 4.98 Å². The molecule has 276 valence electrons. The summed E-state index contributed by atoms with van der Waals surface area (Å²) in [5, 5.41) is 16.0. The fourth-order valence-electron chi connectivity index (χ4n) is 8.93. The van der Waals surface area contributed by atoms with Gasteiger partial charge in [-0.2, -0.15) is 0 Å². The van der Waals surface area contributed by atoms with Gasteiger partial charge >= 0.3 is 5.97 Å².